The van der Waals surface area contributed by atoms with E-state index in [1.54, 1.807) is 12.1 Å². The summed E-state index contributed by atoms with van der Waals surface area (Å²) in [7, 11) is -2.03. The highest BCUT2D eigenvalue weighted by atomic mass is 28.3. The summed E-state index contributed by atoms with van der Waals surface area (Å²) in [6.07, 6.45) is -0.779. The SMILES string of the molecule is C[Si](C)(C)[C@@H](OC(=O)c1ccccc1)[C@H](c1ccccc1)[C@@H](O)c1ccccc1. The third kappa shape index (κ3) is 5.22. The van der Waals surface area contributed by atoms with E-state index in [1.807, 2.05) is 78.9 Å². The smallest absolute Gasteiger partial charge is 0.338 e. The molecule has 0 saturated heterocycles. The number of benzene rings is 3. The number of carbonyl (C=O) groups excluding carboxylic acids is 1. The summed E-state index contributed by atoms with van der Waals surface area (Å²) in [5, 5.41) is 11.4. The second-order valence-electron chi connectivity index (χ2n) is 8.35. The largest absolute Gasteiger partial charge is 0.462 e. The van der Waals surface area contributed by atoms with Gasteiger partial charge in [0.05, 0.1) is 25.5 Å². The Labute approximate surface area is 174 Å². The second-order valence-corrected chi connectivity index (χ2v) is 13.7. The number of ether oxygens (including phenoxy) is 1. The van der Waals surface area contributed by atoms with E-state index in [0.29, 0.717) is 5.56 Å². The molecule has 0 fully saturated rings. The van der Waals surface area contributed by atoms with E-state index in [9.17, 15) is 9.90 Å². The molecule has 0 heterocycles. The molecule has 3 aromatic carbocycles. The van der Waals surface area contributed by atoms with Crippen molar-refractivity contribution in [1.29, 1.82) is 0 Å². The van der Waals surface area contributed by atoms with E-state index in [2.05, 4.69) is 19.6 Å². The normalized spacial score (nSPS) is 14.6. The van der Waals surface area contributed by atoms with Gasteiger partial charge in [0.2, 0.25) is 0 Å². The molecule has 4 heteroatoms. The number of esters is 1. The summed E-state index contributed by atoms with van der Waals surface area (Å²) in [4.78, 5) is 12.9. The molecule has 0 aliphatic rings. The van der Waals surface area contributed by atoms with Crippen LogP contribution in [0.3, 0.4) is 0 Å². The van der Waals surface area contributed by atoms with Gasteiger partial charge in [-0.3, -0.25) is 0 Å². The molecule has 150 valence electrons. The van der Waals surface area contributed by atoms with Crippen LogP contribution < -0.4 is 0 Å². The van der Waals surface area contributed by atoms with Gasteiger partial charge in [-0.25, -0.2) is 4.79 Å². The maximum absolute atomic E-state index is 12.9. The van der Waals surface area contributed by atoms with Crippen LogP contribution in [-0.2, 0) is 4.74 Å². The molecule has 1 N–H and O–H groups in total. The Morgan fingerprint density at radius 3 is 1.69 bits per heavy atom. The molecule has 0 bridgehead atoms. The Kier molecular flexibility index (Phi) is 6.67. The first-order chi connectivity index (χ1) is 13.9. The van der Waals surface area contributed by atoms with Gasteiger partial charge < -0.3 is 9.84 Å². The Hall–Kier alpha value is -2.69. The molecule has 0 saturated carbocycles. The molecular formula is C25H28O3Si. The molecular weight excluding hydrogens is 376 g/mol. The maximum Gasteiger partial charge on any atom is 0.338 e. The number of aliphatic hydroxyl groups is 1. The first-order valence-corrected chi connectivity index (χ1v) is 13.5. The van der Waals surface area contributed by atoms with Crippen molar-refractivity contribution in [1.82, 2.24) is 0 Å². The Morgan fingerprint density at radius 2 is 1.21 bits per heavy atom. The van der Waals surface area contributed by atoms with Crippen LogP contribution in [0.25, 0.3) is 0 Å². The number of aliphatic hydroxyl groups excluding tert-OH is 1. The van der Waals surface area contributed by atoms with Crippen molar-refractivity contribution in [2.75, 3.05) is 0 Å². The van der Waals surface area contributed by atoms with Gasteiger partial charge in [-0.15, -0.1) is 0 Å². The molecule has 29 heavy (non-hydrogen) atoms. The minimum atomic E-state index is -2.03. The van der Waals surface area contributed by atoms with E-state index in [-0.39, 0.29) is 11.9 Å². The molecule has 0 spiro atoms. The van der Waals surface area contributed by atoms with Crippen LogP contribution >= 0.6 is 0 Å². The Bertz CT molecular complexity index is 905. The fourth-order valence-electron chi connectivity index (χ4n) is 3.60. The first kappa shape index (κ1) is 21.0. The number of hydrogen-bond donors (Lipinski definition) is 1. The molecule has 3 nitrogen and oxygen atoms in total. The van der Waals surface area contributed by atoms with Gasteiger partial charge in [0.25, 0.3) is 0 Å². The van der Waals surface area contributed by atoms with Crippen LogP contribution in [0.5, 0.6) is 0 Å². The molecule has 3 aromatic rings. The van der Waals surface area contributed by atoms with Crippen LogP contribution in [0, 0.1) is 0 Å². The topological polar surface area (TPSA) is 46.5 Å². The quantitative estimate of drug-likeness (QED) is 0.411. The Morgan fingerprint density at radius 1 is 0.759 bits per heavy atom. The lowest BCUT2D eigenvalue weighted by molar-refractivity contribution is 0.0231. The van der Waals surface area contributed by atoms with Crippen LogP contribution in [0.4, 0.5) is 0 Å². The fourth-order valence-corrected chi connectivity index (χ4v) is 5.51. The highest BCUT2D eigenvalue weighted by Crippen LogP contribution is 2.39. The Balaban J connectivity index is 2.02. The van der Waals surface area contributed by atoms with Crippen molar-refractivity contribution < 1.29 is 14.6 Å². The average Bonchev–Trinajstić information content (AvgIpc) is 2.74. The summed E-state index contributed by atoms with van der Waals surface area (Å²) >= 11 is 0. The van der Waals surface area contributed by atoms with Gasteiger partial charge in [-0.2, -0.15) is 0 Å². The van der Waals surface area contributed by atoms with Crippen LogP contribution in [-0.4, -0.2) is 24.9 Å². The minimum absolute atomic E-state index is 0.348. The summed E-state index contributed by atoms with van der Waals surface area (Å²) in [6.45, 7) is 6.51. The van der Waals surface area contributed by atoms with E-state index < -0.39 is 19.9 Å². The molecule has 0 unspecified atom stereocenters. The first-order valence-electron chi connectivity index (χ1n) is 9.92. The van der Waals surface area contributed by atoms with Gasteiger partial charge in [0, 0.05) is 5.92 Å². The van der Waals surface area contributed by atoms with Gasteiger partial charge in [0.15, 0.2) is 0 Å². The summed E-state index contributed by atoms with van der Waals surface area (Å²) in [6, 6.07) is 28.5. The van der Waals surface area contributed by atoms with E-state index in [1.165, 1.54) is 0 Å². The van der Waals surface area contributed by atoms with Crippen LogP contribution in [0.2, 0.25) is 19.6 Å². The number of rotatable bonds is 7. The zero-order valence-corrected chi connectivity index (χ0v) is 18.2. The molecule has 3 atom stereocenters. The summed E-state index contributed by atoms with van der Waals surface area (Å²) in [5.41, 5.74) is 1.92. The molecule has 0 aliphatic heterocycles. The molecule has 0 radical (unpaired) electrons. The van der Waals surface area contributed by atoms with E-state index in [0.717, 1.165) is 11.1 Å². The monoisotopic (exact) mass is 404 g/mol. The molecule has 3 rings (SSSR count). The van der Waals surface area contributed by atoms with E-state index >= 15 is 0 Å². The van der Waals surface area contributed by atoms with Crippen molar-refractivity contribution in [3.63, 3.8) is 0 Å². The number of hydrogen-bond acceptors (Lipinski definition) is 3. The standard InChI is InChI=1S/C25H28O3Si/c1-29(2,3)25(28-24(27)21-17-11-6-12-18-21)22(19-13-7-4-8-14-19)23(26)20-15-9-5-10-16-20/h4-18,22-23,25-26H,1-3H3/t22-,23+,25-/m1/s1. The van der Waals surface area contributed by atoms with Gasteiger partial charge >= 0.3 is 5.97 Å². The third-order valence-corrected chi connectivity index (χ3v) is 7.27. The van der Waals surface area contributed by atoms with Crippen LogP contribution in [0.15, 0.2) is 91.0 Å². The summed E-state index contributed by atoms with van der Waals surface area (Å²) in [5.74, 6) is -0.697. The number of carbonyl (C=O) groups is 1. The second kappa shape index (κ2) is 9.20. The lowest BCUT2D eigenvalue weighted by atomic mass is 9.89. The van der Waals surface area contributed by atoms with Crippen LogP contribution in [0.1, 0.15) is 33.5 Å². The van der Waals surface area contributed by atoms with Crippen molar-refractivity contribution in [2.24, 2.45) is 0 Å². The van der Waals surface area contributed by atoms with E-state index in [4.69, 9.17) is 4.74 Å². The molecule has 0 aromatic heterocycles. The van der Waals surface area contributed by atoms with Crippen molar-refractivity contribution in [3.05, 3.63) is 108 Å². The van der Waals surface area contributed by atoms with Gasteiger partial charge in [0.1, 0.15) is 0 Å². The van der Waals surface area contributed by atoms with Crippen molar-refractivity contribution in [2.45, 2.75) is 37.4 Å². The predicted octanol–water partition coefficient (Wildman–Crippen LogP) is 5.61. The van der Waals surface area contributed by atoms with Crippen molar-refractivity contribution in [3.8, 4) is 0 Å². The molecule has 0 amide bonds. The predicted molar refractivity (Wildman–Crippen MR) is 120 cm³/mol. The zero-order valence-electron chi connectivity index (χ0n) is 17.2. The summed E-state index contributed by atoms with van der Waals surface area (Å²) < 4.78 is 6.12. The van der Waals surface area contributed by atoms with Crippen molar-refractivity contribution >= 4 is 14.0 Å². The van der Waals surface area contributed by atoms with Gasteiger partial charge in [-0.1, -0.05) is 98.5 Å². The lowest BCUT2D eigenvalue weighted by Gasteiger charge is -2.38. The molecule has 0 aliphatic carbocycles. The highest BCUT2D eigenvalue weighted by Gasteiger charge is 2.42. The lowest BCUT2D eigenvalue weighted by Crippen LogP contribution is -2.47. The fraction of sp³-hybridized carbons (Fsp3) is 0.240. The average molecular weight is 405 g/mol. The third-order valence-electron chi connectivity index (χ3n) is 5.09. The highest BCUT2D eigenvalue weighted by molar-refractivity contribution is 6.77. The zero-order chi connectivity index (χ0) is 20.9. The van der Waals surface area contributed by atoms with Gasteiger partial charge in [-0.05, 0) is 23.3 Å². The maximum atomic E-state index is 12.9. The minimum Gasteiger partial charge on any atom is -0.462 e.